The quantitative estimate of drug-likeness (QED) is 0.880. The molecular formula is C18H20N2. The molecule has 1 heterocycles. The lowest BCUT2D eigenvalue weighted by Crippen LogP contribution is -2.37. The number of nitrogens with one attached hydrogen (secondary N) is 1. The van der Waals surface area contributed by atoms with Gasteiger partial charge in [-0.05, 0) is 24.5 Å². The third kappa shape index (κ3) is 1.75. The fourth-order valence-electron chi connectivity index (χ4n) is 3.32. The van der Waals surface area contributed by atoms with Crippen molar-refractivity contribution in [1.29, 1.82) is 5.41 Å². The molecule has 1 atom stereocenters. The Hall–Kier alpha value is -2.09. The number of likely N-dealkylation sites (N-methyl/N-ethyl adjacent to an activating group) is 1. The SMILES string of the molecule is C[C@@H]1CC(c2ccccc2)(c2ccccc2)C(=N)N1C. The fourth-order valence-corrected chi connectivity index (χ4v) is 3.32. The summed E-state index contributed by atoms with van der Waals surface area (Å²) in [5.41, 5.74) is 2.12. The van der Waals surface area contributed by atoms with E-state index in [9.17, 15) is 0 Å². The molecule has 20 heavy (non-hydrogen) atoms. The van der Waals surface area contributed by atoms with E-state index in [0.29, 0.717) is 11.9 Å². The molecule has 0 aliphatic carbocycles. The van der Waals surface area contributed by atoms with E-state index < -0.39 is 0 Å². The summed E-state index contributed by atoms with van der Waals surface area (Å²) >= 11 is 0. The highest BCUT2D eigenvalue weighted by Gasteiger charge is 2.48. The van der Waals surface area contributed by atoms with Crippen molar-refractivity contribution in [3.8, 4) is 0 Å². The van der Waals surface area contributed by atoms with Crippen molar-refractivity contribution in [3.63, 3.8) is 0 Å². The predicted octanol–water partition coefficient (Wildman–Crippen LogP) is 3.67. The van der Waals surface area contributed by atoms with Gasteiger partial charge < -0.3 is 4.90 Å². The van der Waals surface area contributed by atoms with Crippen LogP contribution in [0.3, 0.4) is 0 Å². The summed E-state index contributed by atoms with van der Waals surface area (Å²) in [6.07, 6.45) is 0.955. The lowest BCUT2D eigenvalue weighted by atomic mass is 9.72. The van der Waals surface area contributed by atoms with Crippen LogP contribution in [0.4, 0.5) is 0 Å². The van der Waals surface area contributed by atoms with Crippen molar-refractivity contribution in [3.05, 3.63) is 71.8 Å². The van der Waals surface area contributed by atoms with Crippen molar-refractivity contribution in [2.75, 3.05) is 7.05 Å². The van der Waals surface area contributed by atoms with Gasteiger partial charge in [0.05, 0.1) is 5.41 Å². The first-order valence-electron chi connectivity index (χ1n) is 7.09. The normalized spacial score (nSPS) is 21.2. The van der Waals surface area contributed by atoms with Gasteiger partial charge in [-0.1, -0.05) is 60.7 Å². The second-order valence-electron chi connectivity index (χ2n) is 5.65. The van der Waals surface area contributed by atoms with Gasteiger partial charge in [-0.25, -0.2) is 0 Å². The molecule has 2 aromatic rings. The summed E-state index contributed by atoms with van der Waals surface area (Å²) in [5.74, 6) is 0.697. The molecule has 0 saturated carbocycles. The zero-order valence-corrected chi connectivity index (χ0v) is 12.0. The minimum atomic E-state index is -0.309. The highest BCUT2D eigenvalue weighted by atomic mass is 15.2. The van der Waals surface area contributed by atoms with Gasteiger partial charge in [-0.15, -0.1) is 0 Å². The molecule has 0 amide bonds. The van der Waals surface area contributed by atoms with Crippen molar-refractivity contribution in [1.82, 2.24) is 4.90 Å². The Morgan fingerprint density at radius 3 is 1.75 bits per heavy atom. The second kappa shape index (κ2) is 4.78. The summed E-state index contributed by atoms with van der Waals surface area (Å²) in [5, 5.41) is 8.69. The molecule has 1 saturated heterocycles. The number of nitrogens with zero attached hydrogens (tertiary/aromatic N) is 1. The lowest BCUT2D eigenvalue weighted by molar-refractivity contribution is 0.415. The molecule has 0 unspecified atom stereocenters. The zero-order valence-electron chi connectivity index (χ0n) is 12.0. The molecule has 2 heteroatoms. The van der Waals surface area contributed by atoms with Crippen LogP contribution in [-0.4, -0.2) is 23.8 Å². The highest BCUT2D eigenvalue weighted by Crippen LogP contribution is 2.44. The summed E-state index contributed by atoms with van der Waals surface area (Å²) in [7, 11) is 2.03. The van der Waals surface area contributed by atoms with Crippen LogP contribution in [0, 0.1) is 5.41 Å². The first-order valence-corrected chi connectivity index (χ1v) is 7.09. The molecule has 102 valence electrons. The molecule has 0 spiro atoms. The smallest absolute Gasteiger partial charge is 0.111 e. The van der Waals surface area contributed by atoms with Gasteiger partial charge in [0.2, 0.25) is 0 Å². The van der Waals surface area contributed by atoms with Gasteiger partial charge in [-0.2, -0.15) is 0 Å². The summed E-state index contributed by atoms with van der Waals surface area (Å²) in [4.78, 5) is 2.10. The molecule has 0 bridgehead atoms. The van der Waals surface area contributed by atoms with E-state index in [1.54, 1.807) is 0 Å². The molecule has 2 aromatic carbocycles. The van der Waals surface area contributed by atoms with E-state index in [4.69, 9.17) is 5.41 Å². The van der Waals surface area contributed by atoms with Crippen LogP contribution in [0.25, 0.3) is 0 Å². The summed E-state index contributed by atoms with van der Waals surface area (Å²) in [6.45, 7) is 2.20. The van der Waals surface area contributed by atoms with Crippen LogP contribution in [0.2, 0.25) is 0 Å². The van der Waals surface area contributed by atoms with Gasteiger partial charge >= 0.3 is 0 Å². The van der Waals surface area contributed by atoms with E-state index in [1.807, 2.05) is 19.2 Å². The Morgan fingerprint density at radius 1 is 0.950 bits per heavy atom. The third-order valence-corrected chi connectivity index (χ3v) is 4.55. The minimum Gasteiger partial charge on any atom is -0.360 e. The van der Waals surface area contributed by atoms with Crippen molar-refractivity contribution in [2.24, 2.45) is 0 Å². The van der Waals surface area contributed by atoms with Crippen molar-refractivity contribution >= 4 is 5.84 Å². The maximum Gasteiger partial charge on any atom is 0.111 e. The summed E-state index contributed by atoms with van der Waals surface area (Å²) in [6, 6.07) is 21.3. The Morgan fingerprint density at radius 2 is 1.40 bits per heavy atom. The minimum absolute atomic E-state index is 0.309. The van der Waals surface area contributed by atoms with Gasteiger partial charge in [0, 0.05) is 13.1 Å². The van der Waals surface area contributed by atoms with E-state index in [-0.39, 0.29) is 5.41 Å². The van der Waals surface area contributed by atoms with Crippen molar-refractivity contribution in [2.45, 2.75) is 24.8 Å². The van der Waals surface area contributed by atoms with Crippen molar-refractivity contribution < 1.29 is 0 Å². The van der Waals surface area contributed by atoms with Crippen LogP contribution >= 0.6 is 0 Å². The number of benzene rings is 2. The Kier molecular flexibility index (Phi) is 3.09. The average Bonchev–Trinajstić information content (AvgIpc) is 2.74. The molecule has 1 N–H and O–H groups in total. The number of rotatable bonds is 2. The fraction of sp³-hybridized carbons (Fsp3) is 0.278. The van der Waals surface area contributed by atoms with Crippen LogP contribution in [0.5, 0.6) is 0 Å². The number of amidine groups is 1. The number of likely N-dealkylation sites (tertiary alicyclic amines) is 1. The topological polar surface area (TPSA) is 27.1 Å². The van der Waals surface area contributed by atoms with E-state index >= 15 is 0 Å². The monoisotopic (exact) mass is 264 g/mol. The summed E-state index contributed by atoms with van der Waals surface area (Å²) < 4.78 is 0. The molecule has 2 nitrogen and oxygen atoms in total. The number of hydrogen-bond acceptors (Lipinski definition) is 1. The van der Waals surface area contributed by atoms with Crippen LogP contribution < -0.4 is 0 Å². The predicted molar refractivity (Wildman–Crippen MR) is 83.2 cm³/mol. The molecule has 1 aliphatic heterocycles. The largest absolute Gasteiger partial charge is 0.360 e. The lowest BCUT2D eigenvalue weighted by Gasteiger charge is -2.30. The molecule has 1 fully saturated rings. The molecule has 0 aromatic heterocycles. The van der Waals surface area contributed by atoms with Gasteiger partial charge in [0.25, 0.3) is 0 Å². The van der Waals surface area contributed by atoms with Crippen LogP contribution in [0.1, 0.15) is 24.5 Å². The average molecular weight is 264 g/mol. The Bertz CT molecular complexity index is 564. The molecule has 3 rings (SSSR count). The standard InChI is InChI=1S/C18H20N2/c1-14-13-18(17(19)20(14)2,15-9-5-3-6-10-15)16-11-7-4-8-12-16/h3-12,14,19H,13H2,1-2H3/t14-/m1/s1. The highest BCUT2D eigenvalue weighted by molar-refractivity contribution is 5.96. The third-order valence-electron chi connectivity index (χ3n) is 4.55. The Balaban J connectivity index is 2.22. The first-order chi connectivity index (χ1) is 9.66. The van der Waals surface area contributed by atoms with E-state index in [0.717, 1.165) is 6.42 Å². The van der Waals surface area contributed by atoms with Gasteiger partial charge in [0.1, 0.15) is 5.84 Å². The first kappa shape index (κ1) is 12.9. The van der Waals surface area contributed by atoms with Crippen LogP contribution in [-0.2, 0) is 5.41 Å². The molecule has 0 radical (unpaired) electrons. The maximum atomic E-state index is 8.69. The second-order valence-corrected chi connectivity index (χ2v) is 5.65. The molecule has 1 aliphatic rings. The maximum absolute atomic E-state index is 8.69. The Labute approximate surface area is 120 Å². The number of hydrogen-bond donors (Lipinski definition) is 1. The van der Waals surface area contributed by atoms with E-state index in [1.165, 1.54) is 11.1 Å². The molecular weight excluding hydrogens is 244 g/mol. The van der Waals surface area contributed by atoms with Gasteiger partial charge in [-0.3, -0.25) is 5.41 Å². The van der Waals surface area contributed by atoms with E-state index in [2.05, 4.69) is 60.4 Å². The van der Waals surface area contributed by atoms with Gasteiger partial charge in [0.15, 0.2) is 0 Å². The van der Waals surface area contributed by atoms with Crippen LogP contribution in [0.15, 0.2) is 60.7 Å². The zero-order chi connectivity index (χ0) is 14.2.